The number of carbonyl (C=O) groups is 1. The van der Waals surface area contributed by atoms with E-state index in [1.807, 2.05) is 24.3 Å². The van der Waals surface area contributed by atoms with Crippen LogP contribution in [0.5, 0.6) is 0 Å². The van der Waals surface area contributed by atoms with Crippen LogP contribution in [0.2, 0.25) is 0 Å². The Labute approximate surface area is 119 Å². The third-order valence-corrected chi connectivity index (χ3v) is 3.47. The summed E-state index contributed by atoms with van der Waals surface area (Å²) >= 11 is 0. The minimum Gasteiger partial charge on any atom is -0.478 e. The average Bonchev–Trinajstić information content (AvgIpc) is 2.45. The Morgan fingerprint density at radius 1 is 1.15 bits per heavy atom. The van der Waals surface area contributed by atoms with Gasteiger partial charge in [-0.25, -0.2) is 4.79 Å². The summed E-state index contributed by atoms with van der Waals surface area (Å²) in [5, 5.41) is 12.3. The molecule has 0 aromatic heterocycles. The lowest BCUT2D eigenvalue weighted by Crippen LogP contribution is -2.18. The summed E-state index contributed by atoms with van der Waals surface area (Å²) in [4.78, 5) is 10.8. The number of carboxylic acids is 1. The number of aryl methyl sites for hydroxylation is 1. The van der Waals surface area contributed by atoms with Crippen LogP contribution in [-0.4, -0.2) is 11.1 Å². The maximum Gasteiger partial charge on any atom is 0.335 e. The molecular formula is C17H19NO2. The van der Waals surface area contributed by atoms with E-state index in [0.717, 1.165) is 12.1 Å². The van der Waals surface area contributed by atoms with E-state index in [1.54, 1.807) is 12.1 Å². The third-order valence-electron chi connectivity index (χ3n) is 3.47. The third kappa shape index (κ3) is 3.45. The molecule has 0 aliphatic heterocycles. The smallest absolute Gasteiger partial charge is 0.335 e. The summed E-state index contributed by atoms with van der Waals surface area (Å²) in [7, 11) is 0. The number of carboxylic acid groups (broad SMARTS) is 1. The molecule has 3 heteroatoms. The van der Waals surface area contributed by atoms with Gasteiger partial charge in [0.1, 0.15) is 0 Å². The largest absolute Gasteiger partial charge is 0.478 e. The van der Waals surface area contributed by atoms with Crippen molar-refractivity contribution < 1.29 is 9.90 Å². The van der Waals surface area contributed by atoms with E-state index in [4.69, 9.17) is 5.11 Å². The minimum atomic E-state index is -0.891. The molecule has 0 heterocycles. The molecule has 2 aromatic carbocycles. The molecule has 1 atom stereocenters. The lowest BCUT2D eigenvalue weighted by atomic mass is 10.0. The minimum absolute atomic E-state index is 0.260. The van der Waals surface area contributed by atoms with Gasteiger partial charge in [0.2, 0.25) is 0 Å². The second-order valence-electron chi connectivity index (χ2n) is 4.96. The molecule has 0 amide bonds. The molecule has 0 radical (unpaired) electrons. The molecule has 0 aliphatic carbocycles. The predicted molar refractivity (Wildman–Crippen MR) is 79.8 cm³/mol. The fourth-order valence-corrected chi connectivity index (χ4v) is 2.22. The van der Waals surface area contributed by atoms with Crippen LogP contribution >= 0.6 is 0 Å². The number of aromatic carboxylic acids is 1. The van der Waals surface area contributed by atoms with Gasteiger partial charge in [-0.2, -0.15) is 0 Å². The van der Waals surface area contributed by atoms with E-state index in [0.29, 0.717) is 5.56 Å². The topological polar surface area (TPSA) is 49.3 Å². The lowest BCUT2D eigenvalue weighted by molar-refractivity contribution is 0.0697. The summed E-state index contributed by atoms with van der Waals surface area (Å²) in [6, 6.07) is 15.5. The molecule has 0 unspecified atom stereocenters. The molecule has 0 fully saturated rings. The first-order chi connectivity index (χ1) is 9.58. The molecule has 3 nitrogen and oxygen atoms in total. The monoisotopic (exact) mass is 269 g/mol. The zero-order chi connectivity index (χ0) is 14.5. The number of nitrogens with one attached hydrogen (secondary N) is 1. The van der Waals surface area contributed by atoms with Crippen molar-refractivity contribution in [1.82, 2.24) is 5.32 Å². The van der Waals surface area contributed by atoms with Gasteiger partial charge in [-0.1, -0.05) is 36.4 Å². The van der Waals surface area contributed by atoms with Crippen molar-refractivity contribution in [3.8, 4) is 0 Å². The van der Waals surface area contributed by atoms with Gasteiger partial charge < -0.3 is 10.4 Å². The van der Waals surface area contributed by atoms with Gasteiger partial charge in [-0.15, -0.1) is 0 Å². The van der Waals surface area contributed by atoms with Crippen molar-refractivity contribution in [3.05, 3.63) is 70.8 Å². The number of rotatable bonds is 5. The standard InChI is InChI=1S/C17H19NO2/c1-12-5-3-4-6-16(12)13(2)18-11-14-7-9-15(10-8-14)17(19)20/h3-10,13,18H,11H2,1-2H3,(H,19,20)/t13-/m1/s1. The molecule has 2 aromatic rings. The van der Waals surface area contributed by atoms with E-state index in [9.17, 15) is 4.79 Å². The Morgan fingerprint density at radius 3 is 2.40 bits per heavy atom. The zero-order valence-corrected chi connectivity index (χ0v) is 11.8. The lowest BCUT2D eigenvalue weighted by Gasteiger charge is -2.16. The Kier molecular flexibility index (Phi) is 4.53. The zero-order valence-electron chi connectivity index (χ0n) is 11.8. The quantitative estimate of drug-likeness (QED) is 0.872. The molecule has 0 aliphatic rings. The highest BCUT2D eigenvalue weighted by Gasteiger charge is 2.07. The fraction of sp³-hybridized carbons (Fsp3) is 0.235. The van der Waals surface area contributed by atoms with Gasteiger partial charge in [0.05, 0.1) is 5.56 Å². The van der Waals surface area contributed by atoms with Crippen molar-refractivity contribution in [3.63, 3.8) is 0 Å². The van der Waals surface area contributed by atoms with E-state index in [-0.39, 0.29) is 6.04 Å². The Bertz CT molecular complexity index is 590. The highest BCUT2D eigenvalue weighted by molar-refractivity contribution is 5.87. The summed E-state index contributed by atoms with van der Waals surface area (Å²) < 4.78 is 0. The molecule has 0 bridgehead atoms. The number of hydrogen-bond acceptors (Lipinski definition) is 2. The molecule has 0 saturated carbocycles. The van der Waals surface area contributed by atoms with Crippen LogP contribution in [0.4, 0.5) is 0 Å². The molecule has 20 heavy (non-hydrogen) atoms. The Hall–Kier alpha value is -2.13. The molecular weight excluding hydrogens is 250 g/mol. The van der Waals surface area contributed by atoms with Gasteiger partial charge in [0.25, 0.3) is 0 Å². The van der Waals surface area contributed by atoms with Crippen LogP contribution in [0.15, 0.2) is 48.5 Å². The van der Waals surface area contributed by atoms with Crippen LogP contribution in [0.25, 0.3) is 0 Å². The first kappa shape index (κ1) is 14.3. The molecule has 0 saturated heterocycles. The van der Waals surface area contributed by atoms with Crippen molar-refractivity contribution in [2.75, 3.05) is 0 Å². The normalized spacial score (nSPS) is 12.1. The van der Waals surface area contributed by atoms with Gasteiger partial charge in [0.15, 0.2) is 0 Å². The summed E-state index contributed by atoms with van der Waals surface area (Å²) in [6.07, 6.45) is 0. The second-order valence-corrected chi connectivity index (χ2v) is 4.96. The van der Waals surface area contributed by atoms with Gasteiger partial charge in [-0.05, 0) is 42.7 Å². The Morgan fingerprint density at radius 2 is 1.80 bits per heavy atom. The van der Waals surface area contributed by atoms with Crippen LogP contribution in [0.3, 0.4) is 0 Å². The highest BCUT2D eigenvalue weighted by atomic mass is 16.4. The van der Waals surface area contributed by atoms with Crippen LogP contribution in [0, 0.1) is 6.92 Å². The molecule has 2 N–H and O–H groups in total. The van der Waals surface area contributed by atoms with Gasteiger partial charge in [0, 0.05) is 12.6 Å². The van der Waals surface area contributed by atoms with Crippen molar-refractivity contribution in [2.24, 2.45) is 0 Å². The first-order valence-electron chi connectivity index (χ1n) is 6.69. The van der Waals surface area contributed by atoms with Gasteiger partial charge >= 0.3 is 5.97 Å². The predicted octanol–water partition coefficient (Wildman–Crippen LogP) is 3.54. The van der Waals surface area contributed by atoms with Crippen LogP contribution in [-0.2, 0) is 6.54 Å². The fourth-order valence-electron chi connectivity index (χ4n) is 2.22. The van der Waals surface area contributed by atoms with Crippen LogP contribution in [0.1, 0.15) is 40.0 Å². The van der Waals surface area contributed by atoms with Crippen molar-refractivity contribution in [1.29, 1.82) is 0 Å². The van der Waals surface area contributed by atoms with Crippen molar-refractivity contribution >= 4 is 5.97 Å². The Balaban J connectivity index is 1.98. The summed E-state index contributed by atoms with van der Waals surface area (Å²) in [6.45, 7) is 4.96. The first-order valence-corrected chi connectivity index (χ1v) is 6.69. The average molecular weight is 269 g/mol. The number of benzene rings is 2. The molecule has 2 rings (SSSR count). The van der Waals surface area contributed by atoms with E-state index in [2.05, 4.69) is 31.3 Å². The summed E-state index contributed by atoms with van der Waals surface area (Å²) in [5.41, 5.74) is 3.96. The second kappa shape index (κ2) is 6.35. The van der Waals surface area contributed by atoms with E-state index >= 15 is 0 Å². The van der Waals surface area contributed by atoms with E-state index in [1.165, 1.54) is 11.1 Å². The number of hydrogen-bond donors (Lipinski definition) is 2. The maximum atomic E-state index is 10.8. The van der Waals surface area contributed by atoms with E-state index < -0.39 is 5.97 Å². The van der Waals surface area contributed by atoms with Crippen LogP contribution < -0.4 is 5.32 Å². The molecule has 104 valence electrons. The van der Waals surface area contributed by atoms with Crippen molar-refractivity contribution in [2.45, 2.75) is 26.4 Å². The van der Waals surface area contributed by atoms with Gasteiger partial charge in [-0.3, -0.25) is 0 Å². The SMILES string of the molecule is Cc1ccccc1[C@@H](C)NCc1ccc(C(=O)O)cc1. The molecule has 0 spiro atoms. The maximum absolute atomic E-state index is 10.8. The summed E-state index contributed by atoms with van der Waals surface area (Å²) in [5.74, 6) is -0.891. The highest BCUT2D eigenvalue weighted by Crippen LogP contribution is 2.17.